The van der Waals surface area contributed by atoms with E-state index < -0.39 is 29.5 Å². The molecular formula is C27H23FO7. The molecule has 2 aromatic rings. The van der Waals surface area contributed by atoms with Gasteiger partial charge in [0, 0.05) is 22.3 Å². The summed E-state index contributed by atoms with van der Waals surface area (Å²) < 4.78 is 29.3. The molecular weight excluding hydrogens is 455 g/mol. The van der Waals surface area contributed by atoms with Crippen LogP contribution in [0.25, 0.3) is 6.08 Å². The van der Waals surface area contributed by atoms with E-state index in [4.69, 9.17) is 14.2 Å². The second-order valence-corrected chi connectivity index (χ2v) is 7.56. The number of halogens is 1. The SMILES string of the molecule is C=C(C)C(=O)Oc1cc(C=CC(=O)c2ccc(OC(=O)C(=C)C)c(OC(=O)C(=C)C)c2)ccc1F. The molecule has 0 unspecified atom stereocenters. The Hall–Kier alpha value is -4.59. The van der Waals surface area contributed by atoms with E-state index in [1.165, 1.54) is 63.3 Å². The number of esters is 3. The third-order valence-electron chi connectivity index (χ3n) is 4.26. The van der Waals surface area contributed by atoms with Gasteiger partial charge in [-0.25, -0.2) is 18.8 Å². The van der Waals surface area contributed by atoms with Crippen LogP contribution in [-0.4, -0.2) is 23.7 Å². The van der Waals surface area contributed by atoms with Gasteiger partial charge in [0.05, 0.1) is 0 Å². The Morgan fingerprint density at radius 3 is 1.77 bits per heavy atom. The summed E-state index contributed by atoms with van der Waals surface area (Å²) in [6.45, 7) is 14.7. The van der Waals surface area contributed by atoms with Gasteiger partial charge in [-0.1, -0.05) is 31.9 Å². The lowest BCUT2D eigenvalue weighted by molar-refractivity contribution is -0.132. The Kier molecular flexibility index (Phi) is 8.77. The van der Waals surface area contributed by atoms with Crippen LogP contribution < -0.4 is 14.2 Å². The van der Waals surface area contributed by atoms with Crippen molar-refractivity contribution in [3.63, 3.8) is 0 Å². The number of ether oxygens (including phenoxy) is 3. The monoisotopic (exact) mass is 478 g/mol. The van der Waals surface area contributed by atoms with Gasteiger partial charge in [0.2, 0.25) is 0 Å². The lowest BCUT2D eigenvalue weighted by Gasteiger charge is -2.11. The molecule has 0 aliphatic heterocycles. The first-order valence-electron chi connectivity index (χ1n) is 10.2. The minimum Gasteiger partial charge on any atom is -0.420 e. The largest absolute Gasteiger partial charge is 0.420 e. The minimum atomic E-state index is -0.787. The van der Waals surface area contributed by atoms with Crippen LogP contribution in [0.15, 0.2) is 78.9 Å². The van der Waals surface area contributed by atoms with Crippen LogP contribution >= 0.6 is 0 Å². The van der Waals surface area contributed by atoms with Crippen molar-refractivity contribution in [1.82, 2.24) is 0 Å². The van der Waals surface area contributed by atoms with Gasteiger partial charge in [0.1, 0.15) is 0 Å². The standard InChI is InChI=1S/C27H23FO7/c1-15(2)25(30)33-22-12-9-19(14-24(22)35-27(32)17(5)6)21(29)11-8-18-7-10-20(28)23(13-18)34-26(31)16(3)4/h7-14H,1,3,5H2,2,4,6H3. The summed E-state index contributed by atoms with van der Waals surface area (Å²) >= 11 is 0. The molecule has 0 heterocycles. The van der Waals surface area contributed by atoms with Crippen LogP contribution in [0.1, 0.15) is 36.7 Å². The first kappa shape index (κ1) is 26.7. The van der Waals surface area contributed by atoms with Crippen molar-refractivity contribution in [1.29, 1.82) is 0 Å². The van der Waals surface area contributed by atoms with E-state index in [2.05, 4.69) is 19.7 Å². The van der Waals surface area contributed by atoms with Gasteiger partial charge in [0.25, 0.3) is 0 Å². The fourth-order valence-electron chi connectivity index (χ4n) is 2.36. The van der Waals surface area contributed by atoms with Crippen molar-refractivity contribution in [2.24, 2.45) is 0 Å². The van der Waals surface area contributed by atoms with Crippen molar-refractivity contribution in [2.45, 2.75) is 20.8 Å². The zero-order valence-corrected chi connectivity index (χ0v) is 19.5. The van der Waals surface area contributed by atoms with Crippen LogP contribution in [-0.2, 0) is 14.4 Å². The van der Waals surface area contributed by atoms with E-state index in [1.54, 1.807) is 0 Å². The maximum absolute atomic E-state index is 14.0. The van der Waals surface area contributed by atoms with Crippen molar-refractivity contribution in [2.75, 3.05) is 0 Å². The van der Waals surface area contributed by atoms with Crippen molar-refractivity contribution >= 4 is 29.8 Å². The highest BCUT2D eigenvalue weighted by Gasteiger charge is 2.17. The summed E-state index contributed by atoms with van der Waals surface area (Å²) in [5.74, 6) is -4.13. The fraction of sp³-hybridized carbons (Fsp3) is 0.111. The van der Waals surface area contributed by atoms with Gasteiger partial charge < -0.3 is 14.2 Å². The molecule has 0 spiro atoms. The molecule has 0 aliphatic carbocycles. The second kappa shape index (κ2) is 11.5. The van der Waals surface area contributed by atoms with Crippen LogP contribution in [0, 0.1) is 5.82 Å². The predicted octanol–water partition coefficient (Wildman–Crippen LogP) is 5.17. The van der Waals surface area contributed by atoms with Gasteiger partial charge in [-0.05, 0) is 62.7 Å². The summed E-state index contributed by atoms with van der Waals surface area (Å²) in [7, 11) is 0. The van der Waals surface area contributed by atoms with Gasteiger partial charge >= 0.3 is 17.9 Å². The molecule has 0 saturated heterocycles. The summed E-state index contributed by atoms with van der Waals surface area (Å²) in [5.41, 5.74) is 0.805. The Bertz CT molecular complexity index is 1280. The zero-order chi connectivity index (χ0) is 26.3. The van der Waals surface area contributed by atoms with Crippen LogP contribution in [0.2, 0.25) is 0 Å². The average molecular weight is 478 g/mol. The highest BCUT2D eigenvalue weighted by molar-refractivity contribution is 6.07. The van der Waals surface area contributed by atoms with Crippen molar-refractivity contribution in [3.8, 4) is 17.2 Å². The van der Waals surface area contributed by atoms with Gasteiger partial charge in [-0.3, -0.25) is 4.79 Å². The van der Waals surface area contributed by atoms with Gasteiger partial charge in [0.15, 0.2) is 28.8 Å². The number of allylic oxidation sites excluding steroid dienone is 1. The lowest BCUT2D eigenvalue weighted by atomic mass is 10.1. The maximum atomic E-state index is 14.0. The first-order chi connectivity index (χ1) is 16.4. The van der Waals surface area contributed by atoms with Gasteiger partial charge in [-0.2, -0.15) is 0 Å². The minimum absolute atomic E-state index is 0.0874. The molecule has 0 amide bonds. The number of benzene rings is 2. The molecule has 180 valence electrons. The highest BCUT2D eigenvalue weighted by atomic mass is 19.1. The number of rotatable bonds is 9. The third kappa shape index (κ3) is 7.46. The molecule has 0 aliphatic rings. The van der Waals surface area contributed by atoms with E-state index in [0.717, 1.165) is 6.07 Å². The molecule has 8 heteroatoms. The average Bonchev–Trinajstić information content (AvgIpc) is 2.79. The molecule has 0 bridgehead atoms. The summed E-state index contributed by atoms with van der Waals surface area (Å²) in [6.07, 6.45) is 2.57. The third-order valence-corrected chi connectivity index (χ3v) is 4.26. The van der Waals surface area contributed by atoms with Crippen LogP contribution in [0.4, 0.5) is 4.39 Å². The van der Waals surface area contributed by atoms with E-state index >= 15 is 0 Å². The zero-order valence-electron chi connectivity index (χ0n) is 19.5. The van der Waals surface area contributed by atoms with E-state index in [9.17, 15) is 23.6 Å². The topological polar surface area (TPSA) is 96.0 Å². The Balaban J connectivity index is 2.32. The molecule has 0 radical (unpaired) electrons. The maximum Gasteiger partial charge on any atom is 0.338 e. The molecule has 0 atom stereocenters. The summed E-state index contributed by atoms with van der Waals surface area (Å²) in [4.78, 5) is 48.3. The second-order valence-electron chi connectivity index (χ2n) is 7.56. The Labute approximate surface area is 201 Å². The van der Waals surface area contributed by atoms with Crippen LogP contribution in [0.5, 0.6) is 17.2 Å². The number of carbonyl (C=O) groups excluding carboxylic acids is 4. The molecule has 0 fully saturated rings. The fourth-order valence-corrected chi connectivity index (χ4v) is 2.36. The molecule has 7 nitrogen and oxygen atoms in total. The smallest absolute Gasteiger partial charge is 0.338 e. The molecule has 0 N–H and O–H groups in total. The van der Waals surface area contributed by atoms with E-state index in [1.807, 2.05) is 0 Å². The quantitative estimate of drug-likeness (QED) is 0.212. The number of ketones is 1. The highest BCUT2D eigenvalue weighted by Crippen LogP contribution is 2.30. The Morgan fingerprint density at radius 2 is 1.23 bits per heavy atom. The van der Waals surface area contributed by atoms with E-state index in [0.29, 0.717) is 5.56 Å². The normalized spacial score (nSPS) is 10.4. The Morgan fingerprint density at radius 1 is 0.714 bits per heavy atom. The lowest BCUT2D eigenvalue weighted by Crippen LogP contribution is -2.13. The summed E-state index contributed by atoms with van der Waals surface area (Å²) in [5, 5.41) is 0. The number of carbonyl (C=O) groups is 4. The van der Waals surface area contributed by atoms with Crippen molar-refractivity contribution < 1.29 is 37.8 Å². The molecule has 0 aromatic heterocycles. The van der Waals surface area contributed by atoms with E-state index in [-0.39, 0.29) is 39.5 Å². The molecule has 0 saturated carbocycles. The van der Waals surface area contributed by atoms with Crippen LogP contribution in [0.3, 0.4) is 0 Å². The number of hydrogen-bond acceptors (Lipinski definition) is 7. The van der Waals surface area contributed by atoms with Gasteiger partial charge in [-0.15, -0.1) is 0 Å². The summed E-state index contributed by atoms with van der Waals surface area (Å²) in [6, 6.07) is 7.63. The van der Waals surface area contributed by atoms with Crippen molar-refractivity contribution in [3.05, 3.63) is 95.9 Å². The molecule has 35 heavy (non-hydrogen) atoms. The molecule has 2 aromatic carbocycles. The predicted molar refractivity (Wildman–Crippen MR) is 128 cm³/mol. The molecule has 2 rings (SSSR count). The first-order valence-corrected chi connectivity index (χ1v) is 10.2. The number of hydrogen-bond donors (Lipinski definition) is 0.